The van der Waals surface area contributed by atoms with Gasteiger partial charge in [-0.25, -0.2) is 4.79 Å². The second-order valence-electron chi connectivity index (χ2n) is 4.31. The molecule has 0 unspecified atom stereocenters. The first-order valence-corrected chi connectivity index (χ1v) is 6.65. The van der Waals surface area contributed by atoms with Crippen molar-refractivity contribution >= 4 is 27.9 Å². The quantitative estimate of drug-likeness (QED) is 0.871. The number of aryl methyl sites for hydroxylation is 1. The molecular weight excluding hydrogens is 312 g/mol. The molecular formula is C13H17BrN2O3. The van der Waals surface area contributed by atoms with Gasteiger partial charge in [-0.2, -0.15) is 0 Å². The van der Waals surface area contributed by atoms with Gasteiger partial charge in [0.2, 0.25) is 0 Å². The highest BCUT2D eigenvalue weighted by Crippen LogP contribution is 2.16. The van der Waals surface area contributed by atoms with Crippen LogP contribution in [-0.2, 0) is 11.3 Å². The Morgan fingerprint density at radius 1 is 1.42 bits per heavy atom. The molecule has 19 heavy (non-hydrogen) atoms. The van der Waals surface area contributed by atoms with Crippen LogP contribution in [0.4, 0.5) is 4.79 Å². The van der Waals surface area contributed by atoms with Gasteiger partial charge >= 0.3 is 12.0 Å². The SMILES string of the molecule is Cc1cc(CNC(=O)N(C)CCC(=O)O)ccc1Br. The molecule has 104 valence electrons. The zero-order valence-corrected chi connectivity index (χ0v) is 12.5. The van der Waals surface area contributed by atoms with Crippen molar-refractivity contribution < 1.29 is 14.7 Å². The Balaban J connectivity index is 2.44. The highest BCUT2D eigenvalue weighted by atomic mass is 79.9. The molecule has 0 aliphatic carbocycles. The number of hydrogen-bond acceptors (Lipinski definition) is 2. The molecule has 0 saturated heterocycles. The van der Waals surface area contributed by atoms with Crippen LogP contribution in [0.5, 0.6) is 0 Å². The van der Waals surface area contributed by atoms with Crippen molar-refractivity contribution in [3.63, 3.8) is 0 Å². The molecule has 0 saturated carbocycles. The maximum atomic E-state index is 11.7. The number of hydrogen-bond donors (Lipinski definition) is 2. The smallest absolute Gasteiger partial charge is 0.317 e. The Bertz CT molecular complexity index is 477. The first-order valence-electron chi connectivity index (χ1n) is 5.86. The number of carboxylic acids is 1. The van der Waals surface area contributed by atoms with Crippen LogP contribution in [0.1, 0.15) is 17.5 Å². The van der Waals surface area contributed by atoms with Crippen LogP contribution in [0.15, 0.2) is 22.7 Å². The van der Waals surface area contributed by atoms with Gasteiger partial charge in [-0.3, -0.25) is 4.79 Å². The number of urea groups is 1. The van der Waals surface area contributed by atoms with E-state index in [1.54, 1.807) is 7.05 Å². The van der Waals surface area contributed by atoms with Crippen molar-refractivity contribution in [3.8, 4) is 0 Å². The molecule has 0 atom stereocenters. The van der Waals surface area contributed by atoms with Crippen LogP contribution in [0.2, 0.25) is 0 Å². The zero-order valence-electron chi connectivity index (χ0n) is 10.9. The molecule has 1 rings (SSSR count). The number of amides is 2. The van der Waals surface area contributed by atoms with E-state index in [1.165, 1.54) is 4.90 Å². The second-order valence-corrected chi connectivity index (χ2v) is 5.16. The largest absolute Gasteiger partial charge is 0.481 e. The van der Waals surface area contributed by atoms with E-state index in [0.29, 0.717) is 6.54 Å². The summed E-state index contributed by atoms with van der Waals surface area (Å²) < 4.78 is 1.03. The lowest BCUT2D eigenvalue weighted by atomic mass is 10.1. The molecule has 0 heterocycles. The highest BCUT2D eigenvalue weighted by molar-refractivity contribution is 9.10. The maximum Gasteiger partial charge on any atom is 0.317 e. The van der Waals surface area contributed by atoms with Crippen molar-refractivity contribution in [3.05, 3.63) is 33.8 Å². The second kappa shape index (κ2) is 7.13. The number of carbonyl (C=O) groups excluding carboxylic acids is 1. The normalized spacial score (nSPS) is 10.1. The summed E-state index contributed by atoms with van der Waals surface area (Å²) in [6, 6.07) is 5.57. The molecule has 0 spiro atoms. The molecule has 2 amide bonds. The molecule has 0 fully saturated rings. The number of carboxylic acid groups (broad SMARTS) is 1. The zero-order chi connectivity index (χ0) is 14.4. The molecule has 1 aromatic rings. The lowest BCUT2D eigenvalue weighted by Gasteiger charge is -2.17. The average Bonchev–Trinajstić information content (AvgIpc) is 2.36. The van der Waals surface area contributed by atoms with E-state index in [1.807, 2.05) is 25.1 Å². The molecule has 0 radical (unpaired) electrons. The third-order valence-electron chi connectivity index (χ3n) is 2.67. The predicted molar refractivity (Wildman–Crippen MR) is 76.0 cm³/mol. The lowest BCUT2D eigenvalue weighted by molar-refractivity contribution is -0.137. The Labute approximate surface area is 120 Å². The number of halogens is 1. The van der Waals surface area contributed by atoms with E-state index >= 15 is 0 Å². The molecule has 1 aromatic carbocycles. The minimum atomic E-state index is -0.914. The van der Waals surface area contributed by atoms with Crippen LogP contribution in [0.3, 0.4) is 0 Å². The standard InChI is InChI=1S/C13H17BrN2O3/c1-9-7-10(3-4-11(9)14)8-15-13(19)16(2)6-5-12(17)18/h3-4,7H,5-6,8H2,1-2H3,(H,15,19)(H,17,18). The van der Waals surface area contributed by atoms with Gasteiger partial charge in [0.1, 0.15) is 0 Å². The van der Waals surface area contributed by atoms with Crippen LogP contribution in [0.25, 0.3) is 0 Å². The van der Waals surface area contributed by atoms with E-state index < -0.39 is 5.97 Å². The van der Waals surface area contributed by atoms with Crippen molar-refractivity contribution in [2.24, 2.45) is 0 Å². The summed E-state index contributed by atoms with van der Waals surface area (Å²) in [5.74, 6) is -0.914. The Kier molecular flexibility index (Phi) is 5.82. The molecule has 0 aliphatic heterocycles. The monoisotopic (exact) mass is 328 g/mol. The Morgan fingerprint density at radius 2 is 2.11 bits per heavy atom. The summed E-state index contributed by atoms with van der Waals surface area (Å²) in [6.07, 6.45) is -0.0543. The fraction of sp³-hybridized carbons (Fsp3) is 0.385. The van der Waals surface area contributed by atoms with Crippen LogP contribution >= 0.6 is 15.9 Å². The van der Waals surface area contributed by atoms with E-state index in [0.717, 1.165) is 15.6 Å². The van der Waals surface area contributed by atoms with Gasteiger partial charge in [0.15, 0.2) is 0 Å². The summed E-state index contributed by atoms with van der Waals surface area (Å²) >= 11 is 3.42. The molecule has 2 N–H and O–H groups in total. The van der Waals surface area contributed by atoms with Crippen molar-refractivity contribution in [1.82, 2.24) is 10.2 Å². The van der Waals surface area contributed by atoms with Crippen molar-refractivity contribution in [1.29, 1.82) is 0 Å². The molecule has 0 aliphatic rings. The topological polar surface area (TPSA) is 69.6 Å². The van der Waals surface area contributed by atoms with E-state index in [4.69, 9.17) is 5.11 Å². The lowest BCUT2D eigenvalue weighted by Crippen LogP contribution is -2.37. The van der Waals surface area contributed by atoms with Gasteiger partial charge in [-0.15, -0.1) is 0 Å². The Morgan fingerprint density at radius 3 is 2.68 bits per heavy atom. The highest BCUT2D eigenvalue weighted by Gasteiger charge is 2.09. The van der Waals surface area contributed by atoms with Gasteiger partial charge in [0.25, 0.3) is 0 Å². The third kappa shape index (κ3) is 5.30. The van der Waals surface area contributed by atoms with Gasteiger partial charge in [-0.05, 0) is 24.1 Å². The minimum Gasteiger partial charge on any atom is -0.481 e. The number of rotatable bonds is 5. The van der Waals surface area contributed by atoms with Gasteiger partial charge in [-0.1, -0.05) is 28.1 Å². The summed E-state index contributed by atoms with van der Waals surface area (Å²) in [7, 11) is 1.57. The third-order valence-corrected chi connectivity index (χ3v) is 3.56. The van der Waals surface area contributed by atoms with E-state index in [9.17, 15) is 9.59 Å². The van der Waals surface area contributed by atoms with E-state index in [2.05, 4.69) is 21.2 Å². The maximum absolute atomic E-state index is 11.7. The number of nitrogens with one attached hydrogen (secondary N) is 1. The van der Waals surface area contributed by atoms with Crippen molar-refractivity contribution in [2.45, 2.75) is 19.9 Å². The molecule has 5 nitrogen and oxygen atoms in total. The summed E-state index contributed by atoms with van der Waals surface area (Å²) in [5, 5.41) is 11.3. The molecule has 0 bridgehead atoms. The first kappa shape index (κ1) is 15.5. The van der Waals surface area contributed by atoms with E-state index in [-0.39, 0.29) is 19.0 Å². The number of aliphatic carboxylic acids is 1. The fourth-order valence-corrected chi connectivity index (χ4v) is 1.74. The van der Waals surface area contributed by atoms with Gasteiger partial charge in [0.05, 0.1) is 6.42 Å². The first-order chi connectivity index (χ1) is 8.90. The van der Waals surface area contributed by atoms with Crippen LogP contribution in [0, 0.1) is 6.92 Å². The number of carbonyl (C=O) groups is 2. The summed E-state index contributed by atoms with van der Waals surface area (Å²) in [6.45, 7) is 2.60. The number of nitrogens with zero attached hydrogens (tertiary/aromatic N) is 1. The summed E-state index contributed by atoms with van der Waals surface area (Å²) in [4.78, 5) is 23.5. The molecule has 6 heteroatoms. The van der Waals surface area contributed by atoms with Gasteiger partial charge < -0.3 is 15.3 Å². The fourth-order valence-electron chi connectivity index (χ4n) is 1.49. The van der Waals surface area contributed by atoms with Gasteiger partial charge in [0, 0.05) is 24.6 Å². The van der Waals surface area contributed by atoms with Crippen molar-refractivity contribution in [2.75, 3.05) is 13.6 Å². The number of benzene rings is 1. The predicted octanol–water partition coefficient (Wildman–Crippen LogP) is 2.37. The summed E-state index contributed by atoms with van der Waals surface area (Å²) in [5.41, 5.74) is 2.10. The van der Waals surface area contributed by atoms with Crippen LogP contribution in [-0.4, -0.2) is 35.6 Å². The minimum absolute atomic E-state index is 0.0543. The molecule has 0 aromatic heterocycles. The Hall–Kier alpha value is -1.56. The van der Waals surface area contributed by atoms with Crippen LogP contribution < -0.4 is 5.32 Å². The average molecular weight is 329 g/mol.